The van der Waals surface area contributed by atoms with Gasteiger partial charge in [-0.3, -0.25) is 14.4 Å². The van der Waals surface area contributed by atoms with Gasteiger partial charge in [-0.05, 0) is 30.3 Å². The Balaban J connectivity index is 1.54. The zero-order valence-corrected chi connectivity index (χ0v) is 15.7. The summed E-state index contributed by atoms with van der Waals surface area (Å²) in [5, 5.41) is 4.46. The van der Waals surface area contributed by atoms with Crippen molar-refractivity contribution in [1.29, 1.82) is 0 Å². The largest absolute Gasteiger partial charge is 0.487 e. The summed E-state index contributed by atoms with van der Waals surface area (Å²) in [6, 6.07) is 14.0. The average molecular weight is 381 g/mol. The van der Waals surface area contributed by atoms with Gasteiger partial charge in [-0.1, -0.05) is 18.2 Å². The fourth-order valence-corrected chi connectivity index (χ4v) is 3.10. The standard InChI is InChI=1S/C20H20FN5O2/c1-24(2)19-16(21)8-9-18(22-19)25-10-11-26-17(20(25)27)12-14(23-26)13-28-15-6-4-3-5-7-15/h3-9,12H,10-11,13H2,1-2H3. The lowest BCUT2D eigenvalue weighted by molar-refractivity contribution is 0.0961. The summed E-state index contributed by atoms with van der Waals surface area (Å²) < 4.78 is 21.3. The Bertz CT molecular complexity index is 1000. The Morgan fingerprint density at radius 1 is 1.14 bits per heavy atom. The molecule has 1 amide bonds. The van der Waals surface area contributed by atoms with Crippen LogP contribution in [-0.4, -0.2) is 41.3 Å². The predicted octanol–water partition coefficient (Wildman–Crippen LogP) is 2.72. The van der Waals surface area contributed by atoms with Gasteiger partial charge in [-0.2, -0.15) is 5.10 Å². The summed E-state index contributed by atoms with van der Waals surface area (Å²) in [5.74, 6) is 0.719. The third kappa shape index (κ3) is 3.40. The van der Waals surface area contributed by atoms with Gasteiger partial charge in [0.2, 0.25) is 0 Å². The first kappa shape index (κ1) is 18.0. The van der Waals surface area contributed by atoms with Crippen molar-refractivity contribution in [1.82, 2.24) is 14.8 Å². The van der Waals surface area contributed by atoms with Crippen LogP contribution < -0.4 is 14.5 Å². The van der Waals surface area contributed by atoms with Gasteiger partial charge >= 0.3 is 0 Å². The molecule has 144 valence electrons. The maximum absolute atomic E-state index is 13.9. The topological polar surface area (TPSA) is 63.5 Å². The molecule has 28 heavy (non-hydrogen) atoms. The Morgan fingerprint density at radius 2 is 1.93 bits per heavy atom. The Kier molecular flexibility index (Phi) is 4.68. The second-order valence-electron chi connectivity index (χ2n) is 6.67. The van der Waals surface area contributed by atoms with E-state index in [1.54, 1.807) is 34.6 Å². The van der Waals surface area contributed by atoms with Crippen LogP contribution in [0.4, 0.5) is 16.0 Å². The van der Waals surface area contributed by atoms with Gasteiger partial charge in [0.1, 0.15) is 29.6 Å². The van der Waals surface area contributed by atoms with Crippen LogP contribution >= 0.6 is 0 Å². The van der Waals surface area contributed by atoms with Gasteiger partial charge in [-0.15, -0.1) is 0 Å². The van der Waals surface area contributed by atoms with E-state index in [4.69, 9.17) is 4.74 Å². The molecule has 8 heteroatoms. The van der Waals surface area contributed by atoms with E-state index in [1.165, 1.54) is 12.1 Å². The molecule has 0 saturated carbocycles. The minimum atomic E-state index is -0.427. The highest BCUT2D eigenvalue weighted by Crippen LogP contribution is 2.24. The monoisotopic (exact) mass is 381 g/mol. The molecule has 0 fully saturated rings. The van der Waals surface area contributed by atoms with Crippen LogP contribution in [0.2, 0.25) is 0 Å². The van der Waals surface area contributed by atoms with Crippen molar-refractivity contribution in [3.8, 4) is 5.75 Å². The lowest BCUT2D eigenvalue weighted by Crippen LogP contribution is -2.41. The molecule has 0 radical (unpaired) electrons. The molecule has 0 atom stereocenters. The van der Waals surface area contributed by atoms with Crippen molar-refractivity contribution in [2.75, 3.05) is 30.4 Å². The quantitative estimate of drug-likeness (QED) is 0.680. The summed E-state index contributed by atoms with van der Waals surface area (Å²) in [7, 11) is 3.42. The molecule has 4 rings (SSSR count). The number of ether oxygens (including phenoxy) is 1. The summed E-state index contributed by atoms with van der Waals surface area (Å²) >= 11 is 0. The summed E-state index contributed by atoms with van der Waals surface area (Å²) in [5.41, 5.74) is 1.14. The second kappa shape index (κ2) is 7.30. The molecule has 0 N–H and O–H groups in total. The highest BCUT2D eigenvalue weighted by Gasteiger charge is 2.29. The number of hydrogen-bond donors (Lipinski definition) is 0. The highest BCUT2D eigenvalue weighted by molar-refractivity contribution is 6.05. The van der Waals surface area contributed by atoms with E-state index in [0.717, 1.165) is 5.75 Å². The Labute approximate surface area is 162 Å². The number of fused-ring (bicyclic) bond motifs is 1. The third-order valence-corrected chi connectivity index (χ3v) is 4.47. The van der Waals surface area contributed by atoms with Crippen molar-refractivity contribution in [3.05, 3.63) is 65.7 Å². The number of halogens is 1. The summed E-state index contributed by atoms with van der Waals surface area (Å²) in [6.45, 7) is 1.22. The Morgan fingerprint density at radius 3 is 2.68 bits per heavy atom. The van der Waals surface area contributed by atoms with E-state index in [9.17, 15) is 9.18 Å². The minimum absolute atomic E-state index is 0.196. The number of pyridine rings is 1. The SMILES string of the molecule is CN(C)c1nc(N2CCn3nc(COc4ccccc4)cc3C2=O)ccc1F. The molecule has 0 spiro atoms. The zero-order valence-electron chi connectivity index (χ0n) is 15.7. The van der Waals surface area contributed by atoms with Crippen LogP contribution in [0.25, 0.3) is 0 Å². The summed E-state index contributed by atoms with van der Waals surface area (Å²) in [4.78, 5) is 20.4. The van der Waals surface area contributed by atoms with Crippen molar-refractivity contribution < 1.29 is 13.9 Å². The van der Waals surface area contributed by atoms with Crippen molar-refractivity contribution in [2.45, 2.75) is 13.2 Å². The van der Waals surface area contributed by atoms with Crippen LogP contribution in [0.5, 0.6) is 5.75 Å². The third-order valence-electron chi connectivity index (χ3n) is 4.47. The van der Waals surface area contributed by atoms with E-state index in [2.05, 4.69) is 10.1 Å². The van der Waals surface area contributed by atoms with Crippen LogP contribution in [0.15, 0.2) is 48.5 Å². The van der Waals surface area contributed by atoms with Gasteiger partial charge in [-0.25, -0.2) is 9.37 Å². The number of carbonyl (C=O) groups excluding carboxylic acids is 1. The van der Waals surface area contributed by atoms with Crippen LogP contribution in [0, 0.1) is 5.82 Å². The molecule has 0 saturated heterocycles. The highest BCUT2D eigenvalue weighted by atomic mass is 19.1. The van der Waals surface area contributed by atoms with Gasteiger partial charge in [0.15, 0.2) is 11.6 Å². The van der Waals surface area contributed by atoms with E-state index < -0.39 is 5.82 Å². The van der Waals surface area contributed by atoms with Gasteiger partial charge in [0, 0.05) is 20.6 Å². The first-order valence-electron chi connectivity index (χ1n) is 8.93. The number of amides is 1. The number of nitrogens with zero attached hydrogens (tertiary/aromatic N) is 5. The maximum Gasteiger partial charge on any atom is 0.277 e. The van der Waals surface area contributed by atoms with Crippen LogP contribution in [-0.2, 0) is 13.2 Å². The lowest BCUT2D eigenvalue weighted by atomic mass is 10.2. The van der Waals surface area contributed by atoms with Gasteiger partial charge < -0.3 is 9.64 Å². The van der Waals surface area contributed by atoms with E-state index >= 15 is 0 Å². The van der Waals surface area contributed by atoms with E-state index in [0.29, 0.717) is 30.3 Å². The number of carbonyl (C=O) groups is 1. The lowest BCUT2D eigenvalue weighted by Gasteiger charge is -2.27. The molecule has 1 aliphatic heterocycles. The molecule has 0 aliphatic carbocycles. The first-order chi connectivity index (χ1) is 13.5. The maximum atomic E-state index is 13.9. The molecular formula is C20H20FN5O2. The molecule has 2 aromatic heterocycles. The fraction of sp³-hybridized carbons (Fsp3) is 0.250. The normalized spacial score (nSPS) is 13.4. The molecular weight excluding hydrogens is 361 g/mol. The molecule has 3 heterocycles. The molecule has 7 nitrogen and oxygen atoms in total. The molecule has 1 aromatic carbocycles. The molecule has 1 aliphatic rings. The number of para-hydroxylation sites is 1. The zero-order chi connectivity index (χ0) is 19.7. The first-order valence-corrected chi connectivity index (χ1v) is 8.93. The minimum Gasteiger partial charge on any atom is -0.487 e. The van der Waals surface area contributed by atoms with Gasteiger partial charge in [0.25, 0.3) is 5.91 Å². The number of anilines is 2. The van der Waals surface area contributed by atoms with Crippen molar-refractivity contribution >= 4 is 17.5 Å². The average Bonchev–Trinajstić information content (AvgIpc) is 3.12. The molecule has 3 aromatic rings. The Hall–Kier alpha value is -3.42. The fourth-order valence-electron chi connectivity index (χ4n) is 3.10. The number of hydrogen-bond acceptors (Lipinski definition) is 5. The molecule has 0 unspecified atom stereocenters. The van der Waals surface area contributed by atoms with E-state index in [1.807, 2.05) is 30.3 Å². The van der Waals surface area contributed by atoms with Crippen molar-refractivity contribution in [2.24, 2.45) is 0 Å². The van der Waals surface area contributed by atoms with Crippen molar-refractivity contribution in [3.63, 3.8) is 0 Å². The second-order valence-corrected chi connectivity index (χ2v) is 6.67. The van der Waals surface area contributed by atoms with Crippen LogP contribution in [0.3, 0.4) is 0 Å². The smallest absolute Gasteiger partial charge is 0.277 e. The summed E-state index contributed by atoms with van der Waals surface area (Å²) in [6.07, 6.45) is 0. The van der Waals surface area contributed by atoms with Gasteiger partial charge in [0.05, 0.1) is 6.54 Å². The predicted molar refractivity (Wildman–Crippen MR) is 103 cm³/mol. The van der Waals surface area contributed by atoms with E-state index in [-0.39, 0.29) is 18.3 Å². The van der Waals surface area contributed by atoms with Crippen LogP contribution in [0.1, 0.15) is 16.2 Å². The number of aromatic nitrogens is 3. The number of rotatable bonds is 5. The molecule has 0 bridgehead atoms. The number of benzene rings is 1.